The fraction of sp³-hybridized carbons (Fsp3) is 1.00. The van der Waals surface area contributed by atoms with E-state index < -0.39 is 47.9 Å². The predicted octanol–water partition coefficient (Wildman–Crippen LogP) is 0.128. The van der Waals surface area contributed by atoms with Crippen LogP contribution in [0.1, 0.15) is 34.6 Å². The molecule has 2 N–H and O–H groups in total. The first-order valence-electron chi connectivity index (χ1n) is 7.21. The van der Waals surface area contributed by atoms with E-state index in [-0.39, 0.29) is 6.61 Å². The van der Waals surface area contributed by atoms with Gasteiger partial charge in [0.2, 0.25) is 0 Å². The van der Waals surface area contributed by atoms with Crippen molar-refractivity contribution in [2.45, 2.75) is 75.9 Å². The number of ether oxygens (including phenoxy) is 5. The Morgan fingerprint density at radius 1 is 0.952 bits per heavy atom. The molecule has 5 atom stereocenters. The molecule has 7 heteroatoms. The summed E-state index contributed by atoms with van der Waals surface area (Å²) in [6, 6.07) is 0. The molecule has 0 spiro atoms. The van der Waals surface area contributed by atoms with E-state index in [0.29, 0.717) is 0 Å². The molecule has 3 heterocycles. The molecule has 3 saturated heterocycles. The molecule has 0 aromatic rings. The minimum Gasteiger partial charge on any atom is -0.393 e. The Balaban J connectivity index is 1.90. The number of hydrogen-bond donors (Lipinski definition) is 2. The maximum Gasteiger partial charge on any atom is 0.191 e. The lowest BCUT2D eigenvalue weighted by Gasteiger charge is -2.42. The Morgan fingerprint density at radius 3 is 2.14 bits per heavy atom. The molecule has 0 aliphatic carbocycles. The van der Waals surface area contributed by atoms with Gasteiger partial charge >= 0.3 is 0 Å². The third-order valence-electron chi connectivity index (χ3n) is 4.61. The maximum atomic E-state index is 11.0. The van der Waals surface area contributed by atoms with E-state index in [4.69, 9.17) is 23.7 Å². The molecule has 3 aliphatic rings. The highest BCUT2D eigenvalue weighted by Gasteiger charge is 2.72. The van der Waals surface area contributed by atoms with E-state index in [1.807, 2.05) is 0 Å². The van der Waals surface area contributed by atoms with Gasteiger partial charge in [0.1, 0.15) is 23.4 Å². The van der Waals surface area contributed by atoms with Crippen LogP contribution in [-0.4, -0.2) is 64.7 Å². The summed E-state index contributed by atoms with van der Waals surface area (Å²) >= 11 is 0. The van der Waals surface area contributed by atoms with E-state index in [2.05, 4.69) is 0 Å². The van der Waals surface area contributed by atoms with Crippen molar-refractivity contribution in [2.24, 2.45) is 0 Å². The largest absolute Gasteiger partial charge is 0.393 e. The van der Waals surface area contributed by atoms with E-state index in [0.717, 1.165) is 0 Å². The highest BCUT2D eigenvalue weighted by atomic mass is 16.9. The van der Waals surface area contributed by atoms with Gasteiger partial charge in [0, 0.05) is 0 Å². The van der Waals surface area contributed by atoms with Gasteiger partial charge in [-0.2, -0.15) is 0 Å². The van der Waals surface area contributed by atoms with Gasteiger partial charge in [-0.1, -0.05) is 0 Å². The summed E-state index contributed by atoms with van der Waals surface area (Å²) < 4.78 is 28.7. The first-order valence-corrected chi connectivity index (χ1v) is 7.21. The third-order valence-corrected chi connectivity index (χ3v) is 4.61. The topological polar surface area (TPSA) is 86.6 Å². The second-order valence-electron chi connectivity index (χ2n) is 7.05. The van der Waals surface area contributed by atoms with Gasteiger partial charge in [0.15, 0.2) is 17.9 Å². The number of aliphatic hydroxyl groups is 2. The van der Waals surface area contributed by atoms with Crippen LogP contribution in [0, 0.1) is 0 Å². The number of aliphatic hydroxyl groups excluding tert-OH is 1. The van der Waals surface area contributed by atoms with Gasteiger partial charge in [-0.05, 0) is 34.6 Å². The van der Waals surface area contributed by atoms with Crippen LogP contribution < -0.4 is 0 Å². The van der Waals surface area contributed by atoms with Crippen LogP contribution in [0.4, 0.5) is 0 Å². The van der Waals surface area contributed by atoms with Gasteiger partial charge in [-0.15, -0.1) is 0 Å². The van der Waals surface area contributed by atoms with Crippen molar-refractivity contribution < 1.29 is 33.9 Å². The lowest BCUT2D eigenvalue weighted by molar-refractivity contribution is -0.285. The average Bonchev–Trinajstić information content (AvgIpc) is 2.92. The van der Waals surface area contributed by atoms with E-state index >= 15 is 0 Å². The van der Waals surface area contributed by atoms with Crippen molar-refractivity contribution >= 4 is 0 Å². The number of hydrogen-bond acceptors (Lipinski definition) is 7. The van der Waals surface area contributed by atoms with Crippen LogP contribution in [0.15, 0.2) is 0 Å². The Kier molecular flexibility index (Phi) is 3.26. The van der Waals surface area contributed by atoms with Gasteiger partial charge in [-0.3, -0.25) is 0 Å². The fourth-order valence-corrected chi connectivity index (χ4v) is 3.32. The Hall–Kier alpha value is -0.280. The summed E-state index contributed by atoms with van der Waals surface area (Å²) in [6.07, 6.45) is -2.07. The van der Waals surface area contributed by atoms with Gasteiger partial charge in [0.25, 0.3) is 0 Å². The van der Waals surface area contributed by atoms with Crippen molar-refractivity contribution in [1.29, 1.82) is 0 Å². The van der Waals surface area contributed by atoms with Crippen molar-refractivity contribution in [3.05, 3.63) is 0 Å². The van der Waals surface area contributed by atoms with Gasteiger partial charge < -0.3 is 33.9 Å². The number of fused-ring (bicyclic) bond motifs is 1. The van der Waals surface area contributed by atoms with Crippen LogP contribution in [0.25, 0.3) is 0 Å². The molecule has 0 bridgehead atoms. The van der Waals surface area contributed by atoms with Crippen LogP contribution in [-0.2, 0) is 23.7 Å². The molecular formula is C14H24O7. The molecule has 0 amide bonds. The zero-order valence-electron chi connectivity index (χ0n) is 13.1. The molecule has 3 aliphatic heterocycles. The Labute approximate surface area is 124 Å². The summed E-state index contributed by atoms with van der Waals surface area (Å²) in [5.74, 6) is -1.63. The molecule has 3 fully saturated rings. The Bertz CT molecular complexity index is 437. The highest BCUT2D eigenvalue weighted by molar-refractivity contribution is 5.16. The van der Waals surface area contributed by atoms with Crippen LogP contribution in [0.5, 0.6) is 0 Å². The van der Waals surface area contributed by atoms with Crippen molar-refractivity contribution in [2.75, 3.05) is 13.2 Å². The molecule has 0 aromatic heterocycles. The van der Waals surface area contributed by atoms with E-state index in [1.54, 1.807) is 34.6 Å². The molecule has 0 radical (unpaired) electrons. The fourth-order valence-electron chi connectivity index (χ4n) is 3.32. The standard InChI is InChI=1S/C14H24O7/c1-11(2)17-6-8(18-11)13(5)14(16,7-15)9-10(21-13)20-12(3,4)19-9/h8-10,15-16H,6-7H2,1-5H3/t8?,9-,10-,13?,14+/m0/s1. The average molecular weight is 304 g/mol. The monoisotopic (exact) mass is 304 g/mol. The minimum atomic E-state index is -1.64. The summed E-state index contributed by atoms with van der Waals surface area (Å²) in [4.78, 5) is 0. The summed E-state index contributed by atoms with van der Waals surface area (Å²) in [5, 5.41) is 20.8. The molecular weight excluding hydrogens is 280 g/mol. The summed E-state index contributed by atoms with van der Waals surface area (Å²) in [7, 11) is 0. The molecule has 2 unspecified atom stereocenters. The van der Waals surface area contributed by atoms with Crippen LogP contribution in [0.3, 0.4) is 0 Å². The highest BCUT2D eigenvalue weighted by Crippen LogP contribution is 2.51. The predicted molar refractivity (Wildman–Crippen MR) is 70.3 cm³/mol. The third kappa shape index (κ3) is 2.15. The lowest BCUT2D eigenvalue weighted by atomic mass is 9.79. The second kappa shape index (κ2) is 4.38. The minimum absolute atomic E-state index is 0.259. The van der Waals surface area contributed by atoms with Crippen LogP contribution in [0.2, 0.25) is 0 Å². The van der Waals surface area contributed by atoms with E-state index in [9.17, 15) is 10.2 Å². The molecule has 7 nitrogen and oxygen atoms in total. The molecule has 122 valence electrons. The second-order valence-corrected chi connectivity index (χ2v) is 7.05. The molecule has 3 rings (SSSR count). The number of rotatable bonds is 2. The zero-order chi connectivity index (χ0) is 15.7. The molecule has 0 aromatic carbocycles. The van der Waals surface area contributed by atoms with E-state index in [1.165, 1.54) is 0 Å². The summed E-state index contributed by atoms with van der Waals surface area (Å²) in [5.41, 5.74) is -2.83. The smallest absolute Gasteiger partial charge is 0.191 e. The van der Waals surface area contributed by atoms with Crippen molar-refractivity contribution in [1.82, 2.24) is 0 Å². The molecule has 21 heavy (non-hydrogen) atoms. The SMILES string of the molecule is CC1(C)OCC(C2(C)O[C@@H]3OC(C)(C)O[C@@H]3[C@]2(O)CO)O1. The van der Waals surface area contributed by atoms with Crippen molar-refractivity contribution in [3.63, 3.8) is 0 Å². The zero-order valence-corrected chi connectivity index (χ0v) is 13.1. The summed E-state index contributed by atoms with van der Waals surface area (Å²) in [6.45, 7) is 8.49. The lowest BCUT2D eigenvalue weighted by Crippen LogP contribution is -2.64. The Morgan fingerprint density at radius 2 is 1.62 bits per heavy atom. The van der Waals surface area contributed by atoms with Crippen molar-refractivity contribution in [3.8, 4) is 0 Å². The van der Waals surface area contributed by atoms with Gasteiger partial charge in [0.05, 0.1) is 13.2 Å². The van der Waals surface area contributed by atoms with Gasteiger partial charge in [-0.25, -0.2) is 0 Å². The quantitative estimate of drug-likeness (QED) is 0.749. The maximum absolute atomic E-state index is 11.0. The van der Waals surface area contributed by atoms with Crippen LogP contribution >= 0.6 is 0 Å². The normalized spacial score (nSPS) is 51.3. The first-order chi connectivity index (χ1) is 9.53. The molecule has 0 saturated carbocycles. The first kappa shape index (κ1) is 15.6.